The van der Waals surface area contributed by atoms with Crippen LogP contribution in [0, 0.1) is 0 Å². The molecule has 1 aromatic rings. The van der Waals surface area contributed by atoms with Crippen molar-refractivity contribution in [3.05, 3.63) is 35.9 Å². The lowest BCUT2D eigenvalue weighted by atomic mass is 10.1. The maximum Gasteiger partial charge on any atom is 0.338 e. The summed E-state index contributed by atoms with van der Waals surface area (Å²) in [7, 11) is 0. The molecule has 0 atom stereocenters. The average molecular weight is 220 g/mol. The van der Waals surface area contributed by atoms with Gasteiger partial charge in [-0.1, -0.05) is 19.9 Å². The number of hydrogen-bond donors (Lipinski definition) is 1. The standard InChI is InChI=1S/C13H16O3/c1-4-5-10-8-11(6-7-12(10)14)16-13(15)9(2)3/h6-8,14H,2,4-5H2,1,3H3. The number of aromatic hydroxyl groups is 1. The van der Waals surface area contributed by atoms with Gasteiger partial charge in [-0.3, -0.25) is 0 Å². The highest BCUT2D eigenvalue weighted by molar-refractivity contribution is 5.88. The van der Waals surface area contributed by atoms with Crippen LogP contribution in [0.1, 0.15) is 25.8 Å². The Morgan fingerprint density at radius 2 is 2.19 bits per heavy atom. The highest BCUT2D eigenvalue weighted by Gasteiger charge is 2.07. The quantitative estimate of drug-likeness (QED) is 0.482. The van der Waals surface area contributed by atoms with Gasteiger partial charge in [-0.2, -0.15) is 0 Å². The predicted octanol–water partition coefficient (Wildman–Crippen LogP) is 2.83. The van der Waals surface area contributed by atoms with E-state index < -0.39 is 5.97 Å². The minimum atomic E-state index is -0.451. The fraction of sp³-hybridized carbons (Fsp3) is 0.308. The first-order valence-corrected chi connectivity index (χ1v) is 5.24. The molecule has 1 aromatic carbocycles. The van der Waals surface area contributed by atoms with Gasteiger partial charge in [0, 0.05) is 5.57 Å². The lowest BCUT2D eigenvalue weighted by Crippen LogP contribution is -2.08. The van der Waals surface area contributed by atoms with E-state index in [0.29, 0.717) is 11.3 Å². The highest BCUT2D eigenvalue weighted by Crippen LogP contribution is 2.24. The van der Waals surface area contributed by atoms with Gasteiger partial charge in [0.2, 0.25) is 0 Å². The molecule has 0 amide bonds. The monoisotopic (exact) mass is 220 g/mol. The first-order valence-electron chi connectivity index (χ1n) is 5.24. The van der Waals surface area contributed by atoms with Gasteiger partial charge in [-0.25, -0.2) is 4.79 Å². The zero-order chi connectivity index (χ0) is 12.1. The van der Waals surface area contributed by atoms with Gasteiger partial charge in [0.25, 0.3) is 0 Å². The Hall–Kier alpha value is -1.77. The molecule has 0 aliphatic rings. The van der Waals surface area contributed by atoms with Gasteiger partial charge in [0.1, 0.15) is 11.5 Å². The summed E-state index contributed by atoms with van der Waals surface area (Å²) in [6.45, 7) is 7.12. The third-order valence-corrected chi connectivity index (χ3v) is 2.13. The summed E-state index contributed by atoms with van der Waals surface area (Å²) in [6, 6.07) is 4.78. The van der Waals surface area contributed by atoms with Crippen LogP contribution in [0.15, 0.2) is 30.4 Å². The van der Waals surface area contributed by atoms with Crippen molar-refractivity contribution in [2.45, 2.75) is 26.7 Å². The fourth-order valence-corrected chi connectivity index (χ4v) is 1.29. The molecule has 16 heavy (non-hydrogen) atoms. The summed E-state index contributed by atoms with van der Waals surface area (Å²) >= 11 is 0. The van der Waals surface area contributed by atoms with E-state index in [-0.39, 0.29) is 5.75 Å². The number of rotatable bonds is 4. The number of phenols is 1. The molecule has 0 fully saturated rings. The smallest absolute Gasteiger partial charge is 0.338 e. The summed E-state index contributed by atoms with van der Waals surface area (Å²) < 4.78 is 5.07. The van der Waals surface area contributed by atoms with Crippen LogP contribution in [-0.4, -0.2) is 11.1 Å². The van der Waals surface area contributed by atoms with E-state index in [9.17, 15) is 9.90 Å². The van der Waals surface area contributed by atoms with Crippen molar-refractivity contribution in [1.29, 1.82) is 0 Å². The second-order valence-corrected chi connectivity index (χ2v) is 3.71. The molecule has 86 valence electrons. The molecule has 0 radical (unpaired) electrons. The second-order valence-electron chi connectivity index (χ2n) is 3.71. The maximum atomic E-state index is 11.3. The van der Waals surface area contributed by atoms with Gasteiger partial charge in [0.05, 0.1) is 0 Å². The lowest BCUT2D eigenvalue weighted by Gasteiger charge is -2.07. The topological polar surface area (TPSA) is 46.5 Å². The molecule has 3 heteroatoms. The van der Waals surface area contributed by atoms with E-state index in [0.717, 1.165) is 18.4 Å². The van der Waals surface area contributed by atoms with E-state index in [1.165, 1.54) is 6.07 Å². The van der Waals surface area contributed by atoms with Crippen molar-refractivity contribution in [3.8, 4) is 11.5 Å². The first-order chi connectivity index (χ1) is 7.54. The number of carbonyl (C=O) groups excluding carboxylic acids is 1. The lowest BCUT2D eigenvalue weighted by molar-refractivity contribution is -0.130. The van der Waals surface area contributed by atoms with Crippen LogP contribution in [-0.2, 0) is 11.2 Å². The normalized spacial score (nSPS) is 9.88. The van der Waals surface area contributed by atoms with Crippen molar-refractivity contribution in [3.63, 3.8) is 0 Å². The largest absolute Gasteiger partial charge is 0.508 e. The van der Waals surface area contributed by atoms with E-state index >= 15 is 0 Å². The molecule has 1 N–H and O–H groups in total. The van der Waals surface area contributed by atoms with Gasteiger partial charge >= 0.3 is 5.97 Å². The van der Waals surface area contributed by atoms with Gasteiger partial charge in [-0.05, 0) is 37.1 Å². The molecular weight excluding hydrogens is 204 g/mol. The van der Waals surface area contributed by atoms with E-state index in [4.69, 9.17) is 4.74 Å². The molecule has 0 heterocycles. The predicted molar refractivity (Wildman–Crippen MR) is 62.6 cm³/mol. The SMILES string of the molecule is C=C(C)C(=O)Oc1ccc(O)c(CCC)c1. The molecule has 0 aliphatic carbocycles. The number of phenolic OH excluding ortho intramolecular Hbond substituents is 1. The van der Waals surface area contributed by atoms with Gasteiger partial charge in [0.15, 0.2) is 0 Å². The fourth-order valence-electron chi connectivity index (χ4n) is 1.29. The summed E-state index contributed by atoms with van der Waals surface area (Å²) in [4.78, 5) is 11.3. The average Bonchev–Trinajstić information content (AvgIpc) is 2.23. The molecule has 1 rings (SSSR count). The number of hydrogen-bond acceptors (Lipinski definition) is 3. The van der Waals surface area contributed by atoms with Crippen molar-refractivity contribution in [2.24, 2.45) is 0 Å². The summed E-state index contributed by atoms with van der Waals surface area (Å²) in [5, 5.41) is 9.55. The molecule has 3 nitrogen and oxygen atoms in total. The van der Waals surface area contributed by atoms with Crippen LogP contribution in [0.2, 0.25) is 0 Å². The van der Waals surface area contributed by atoms with E-state index in [1.54, 1.807) is 19.1 Å². The number of benzene rings is 1. The zero-order valence-electron chi connectivity index (χ0n) is 9.62. The Labute approximate surface area is 95.4 Å². The van der Waals surface area contributed by atoms with Crippen LogP contribution >= 0.6 is 0 Å². The second kappa shape index (κ2) is 5.35. The van der Waals surface area contributed by atoms with Crippen LogP contribution in [0.5, 0.6) is 11.5 Å². The van der Waals surface area contributed by atoms with Crippen LogP contribution in [0.3, 0.4) is 0 Å². The van der Waals surface area contributed by atoms with Crippen molar-refractivity contribution in [1.82, 2.24) is 0 Å². The van der Waals surface area contributed by atoms with Crippen molar-refractivity contribution in [2.75, 3.05) is 0 Å². The first kappa shape index (κ1) is 12.3. The highest BCUT2D eigenvalue weighted by atomic mass is 16.5. The summed E-state index contributed by atoms with van der Waals surface area (Å²) in [5.41, 5.74) is 1.14. The molecule has 0 saturated heterocycles. The third-order valence-electron chi connectivity index (χ3n) is 2.13. The molecule has 0 unspecified atom stereocenters. The molecule has 0 bridgehead atoms. The Morgan fingerprint density at radius 1 is 1.50 bits per heavy atom. The Morgan fingerprint density at radius 3 is 2.75 bits per heavy atom. The van der Waals surface area contributed by atoms with E-state index in [1.807, 2.05) is 6.92 Å². The number of ether oxygens (including phenoxy) is 1. The van der Waals surface area contributed by atoms with Crippen LogP contribution < -0.4 is 4.74 Å². The number of aryl methyl sites for hydroxylation is 1. The number of carbonyl (C=O) groups is 1. The van der Waals surface area contributed by atoms with Crippen molar-refractivity contribution >= 4 is 5.97 Å². The van der Waals surface area contributed by atoms with E-state index in [2.05, 4.69) is 6.58 Å². The molecular formula is C13H16O3. The van der Waals surface area contributed by atoms with Crippen molar-refractivity contribution < 1.29 is 14.6 Å². The van der Waals surface area contributed by atoms with Crippen LogP contribution in [0.4, 0.5) is 0 Å². The summed E-state index contributed by atoms with van der Waals surface area (Å²) in [5.74, 6) is 0.222. The molecule has 0 spiro atoms. The minimum absolute atomic E-state index is 0.233. The van der Waals surface area contributed by atoms with Gasteiger partial charge < -0.3 is 9.84 Å². The molecule has 0 saturated carbocycles. The van der Waals surface area contributed by atoms with Gasteiger partial charge in [-0.15, -0.1) is 0 Å². The maximum absolute atomic E-state index is 11.3. The Bertz CT molecular complexity index is 408. The summed E-state index contributed by atoms with van der Waals surface area (Å²) in [6.07, 6.45) is 1.68. The number of esters is 1. The Balaban J connectivity index is 2.86. The van der Waals surface area contributed by atoms with Crippen LogP contribution in [0.25, 0.3) is 0 Å². The molecule has 0 aliphatic heterocycles. The minimum Gasteiger partial charge on any atom is -0.508 e. The zero-order valence-corrected chi connectivity index (χ0v) is 9.62. The molecule has 0 aromatic heterocycles. The Kier molecular flexibility index (Phi) is 4.11. The third kappa shape index (κ3) is 3.12.